The highest BCUT2D eigenvalue weighted by molar-refractivity contribution is 5.97. The molecule has 1 aliphatic rings. The van der Waals surface area contributed by atoms with Crippen LogP contribution in [0.3, 0.4) is 0 Å². The van der Waals surface area contributed by atoms with Gasteiger partial charge in [-0.3, -0.25) is 4.79 Å². The summed E-state index contributed by atoms with van der Waals surface area (Å²) in [6, 6.07) is 22.3. The first-order valence-corrected chi connectivity index (χ1v) is 13.2. The van der Waals surface area contributed by atoms with Crippen molar-refractivity contribution < 1.29 is 14.3 Å². The Bertz CT molecular complexity index is 1410. The van der Waals surface area contributed by atoms with E-state index in [9.17, 15) is 4.79 Å². The fraction of sp³-hybridized carbons (Fsp3) is 0.355. The van der Waals surface area contributed by atoms with Crippen LogP contribution in [0.25, 0.3) is 11.0 Å². The van der Waals surface area contributed by atoms with Gasteiger partial charge in [0.1, 0.15) is 23.9 Å². The van der Waals surface area contributed by atoms with Gasteiger partial charge >= 0.3 is 0 Å². The maximum Gasteiger partial charge on any atom is 0.227 e. The van der Waals surface area contributed by atoms with E-state index in [-0.39, 0.29) is 11.8 Å². The molecule has 4 aromatic rings. The molecule has 37 heavy (non-hydrogen) atoms. The molecule has 0 spiro atoms. The van der Waals surface area contributed by atoms with Crippen LogP contribution < -0.4 is 14.4 Å². The zero-order valence-corrected chi connectivity index (χ0v) is 22.1. The van der Waals surface area contributed by atoms with E-state index in [0.29, 0.717) is 38.6 Å². The summed E-state index contributed by atoms with van der Waals surface area (Å²) >= 11 is 0. The summed E-state index contributed by atoms with van der Waals surface area (Å²) in [6.45, 7) is 10.7. The molecule has 1 aliphatic heterocycles. The third-order valence-electron chi connectivity index (χ3n) is 6.99. The molecule has 1 fully saturated rings. The van der Waals surface area contributed by atoms with Gasteiger partial charge in [0.15, 0.2) is 0 Å². The van der Waals surface area contributed by atoms with E-state index in [4.69, 9.17) is 14.5 Å². The summed E-state index contributed by atoms with van der Waals surface area (Å²) in [6.07, 6.45) is 0.417. The number of para-hydroxylation sites is 4. The molecule has 5 rings (SSSR count). The first kappa shape index (κ1) is 24.9. The summed E-state index contributed by atoms with van der Waals surface area (Å²) in [5, 5.41) is 0. The first-order valence-electron chi connectivity index (χ1n) is 13.2. The van der Waals surface area contributed by atoms with E-state index in [2.05, 4.69) is 49.6 Å². The molecule has 192 valence electrons. The molecular formula is C31H35N3O3. The number of nitrogens with zero attached hydrogens (tertiary/aromatic N) is 3. The number of amides is 1. The van der Waals surface area contributed by atoms with Gasteiger partial charge in [-0.2, -0.15) is 0 Å². The number of rotatable bonds is 9. The van der Waals surface area contributed by atoms with Crippen LogP contribution in [0.5, 0.6) is 11.5 Å². The number of fused-ring (bicyclic) bond motifs is 1. The minimum Gasteiger partial charge on any atom is -0.492 e. The number of aromatic nitrogens is 2. The SMILES string of the molecule is CCOc1ccccc1N1C[C@@H](c2nc3ccccc3n2CCOc2cc(C)ccc2C(C)C)CC1=O. The Balaban J connectivity index is 1.41. The first-order chi connectivity index (χ1) is 18.0. The lowest BCUT2D eigenvalue weighted by atomic mass is 10.0. The van der Waals surface area contributed by atoms with Crippen molar-refractivity contribution in [3.63, 3.8) is 0 Å². The maximum atomic E-state index is 13.2. The van der Waals surface area contributed by atoms with Crippen molar-refractivity contribution in [3.05, 3.63) is 83.7 Å². The van der Waals surface area contributed by atoms with Gasteiger partial charge in [-0.25, -0.2) is 4.98 Å². The van der Waals surface area contributed by atoms with Crippen molar-refractivity contribution in [3.8, 4) is 11.5 Å². The zero-order chi connectivity index (χ0) is 25.9. The Labute approximate surface area is 218 Å². The highest BCUT2D eigenvalue weighted by Gasteiger charge is 2.36. The van der Waals surface area contributed by atoms with Crippen LogP contribution >= 0.6 is 0 Å². The molecule has 0 bridgehead atoms. The predicted octanol–water partition coefficient (Wildman–Crippen LogP) is 6.47. The lowest BCUT2D eigenvalue weighted by molar-refractivity contribution is -0.117. The fourth-order valence-electron chi connectivity index (χ4n) is 5.20. The molecule has 0 aliphatic carbocycles. The zero-order valence-electron chi connectivity index (χ0n) is 22.1. The second-order valence-electron chi connectivity index (χ2n) is 9.96. The number of carbonyl (C=O) groups excluding carboxylic acids is 1. The van der Waals surface area contributed by atoms with Crippen molar-refractivity contribution in [2.24, 2.45) is 0 Å². The molecule has 3 aromatic carbocycles. The van der Waals surface area contributed by atoms with Crippen molar-refractivity contribution in [2.45, 2.75) is 52.5 Å². The molecule has 0 saturated carbocycles. The highest BCUT2D eigenvalue weighted by Crippen LogP contribution is 2.37. The average molecular weight is 498 g/mol. The molecule has 6 heteroatoms. The second kappa shape index (κ2) is 10.7. The normalized spacial score (nSPS) is 15.6. The van der Waals surface area contributed by atoms with E-state index in [1.165, 1.54) is 11.1 Å². The molecule has 0 N–H and O–H groups in total. The lowest BCUT2D eigenvalue weighted by Crippen LogP contribution is -2.25. The summed E-state index contributed by atoms with van der Waals surface area (Å²) in [5.41, 5.74) is 5.23. The van der Waals surface area contributed by atoms with Gasteiger partial charge in [0.25, 0.3) is 0 Å². The number of benzene rings is 3. The molecule has 1 atom stereocenters. The largest absolute Gasteiger partial charge is 0.492 e. The second-order valence-corrected chi connectivity index (χ2v) is 9.96. The fourth-order valence-corrected chi connectivity index (χ4v) is 5.20. The number of hydrogen-bond donors (Lipinski definition) is 0. The summed E-state index contributed by atoms with van der Waals surface area (Å²) in [7, 11) is 0. The van der Waals surface area contributed by atoms with Gasteiger partial charge in [0.2, 0.25) is 5.91 Å². The number of hydrogen-bond acceptors (Lipinski definition) is 4. The van der Waals surface area contributed by atoms with Gasteiger partial charge < -0.3 is 18.9 Å². The van der Waals surface area contributed by atoms with Crippen molar-refractivity contribution >= 4 is 22.6 Å². The molecule has 0 radical (unpaired) electrons. The third kappa shape index (κ3) is 5.06. The summed E-state index contributed by atoms with van der Waals surface area (Å²) < 4.78 is 14.4. The molecule has 2 heterocycles. The van der Waals surface area contributed by atoms with Gasteiger partial charge in [0, 0.05) is 18.9 Å². The quantitative estimate of drug-likeness (QED) is 0.266. The van der Waals surface area contributed by atoms with Gasteiger partial charge in [-0.15, -0.1) is 0 Å². The average Bonchev–Trinajstić information content (AvgIpc) is 3.45. The summed E-state index contributed by atoms with van der Waals surface area (Å²) in [4.78, 5) is 20.0. The van der Waals surface area contributed by atoms with Crippen molar-refractivity contribution in [1.82, 2.24) is 9.55 Å². The van der Waals surface area contributed by atoms with E-state index in [1.807, 2.05) is 54.3 Å². The van der Waals surface area contributed by atoms with Crippen LogP contribution in [-0.2, 0) is 11.3 Å². The number of carbonyl (C=O) groups is 1. The lowest BCUT2D eigenvalue weighted by Gasteiger charge is -2.20. The van der Waals surface area contributed by atoms with Crippen LogP contribution in [0.15, 0.2) is 66.7 Å². The van der Waals surface area contributed by atoms with Crippen LogP contribution in [0.2, 0.25) is 0 Å². The Morgan fingerprint density at radius 3 is 2.59 bits per heavy atom. The minimum atomic E-state index is -0.0141. The maximum absolute atomic E-state index is 13.2. The Kier molecular flexibility index (Phi) is 7.17. The van der Waals surface area contributed by atoms with E-state index in [0.717, 1.165) is 34.0 Å². The third-order valence-corrected chi connectivity index (χ3v) is 6.99. The number of aryl methyl sites for hydroxylation is 1. The topological polar surface area (TPSA) is 56.6 Å². The highest BCUT2D eigenvalue weighted by atomic mass is 16.5. The van der Waals surface area contributed by atoms with E-state index < -0.39 is 0 Å². The molecule has 1 aromatic heterocycles. The van der Waals surface area contributed by atoms with E-state index >= 15 is 0 Å². The van der Waals surface area contributed by atoms with Crippen molar-refractivity contribution in [1.29, 1.82) is 0 Å². The number of anilines is 1. The predicted molar refractivity (Wildman–Crippen MR) is 148 cm³/mol. The van der Waals surface area contributed by atoms with Crippen molar-refractivity contribution in [2.75, 3.05) is 24.7 Å². The minimum absolute atomic E-state index is 0.0141. The van der Waals surface area contributed by atoms with Crippen LogP contribution in [0.4, 0.5) is 5.69 Å². The standard InChI is InChI=1S/C31H35N3O3/c1-5-36-28-13-9-8-12-27(28)34-20-23(19-30(34)35)31-32-25-10-6-7-11-26(25)33(31)16-17-37-29-18-22(4)14-15-24(29)21(2)3/h6-15,18,21,23H,5,16-17,19-20H2,1-4H3/t23-/m0/s1. The number of ether oxygens (including phenoxy) is 2. The van der Waals surface area contributed by atoms with Gasteiger partial charge in [-0.1, -0.05) is 50.2 Å². The summed E-state index contributed by atoms with van der Waals surface area (Å²) in [5.74, 6) is 3.07. The molecule has 0 unspecified atom stereocenters. The van der Waals surface area contributed by atoms with Crippen LogP contribution in [0.1, 0.15) is 56.0 Å². The molecule has 1 amide bonds. The van der Waals surface area contributed by atoms with Gasteiger partial charge in [0.05, 0.1) is 29.9 Å². The van der Waals surface area contributed by atoms with E-state index in [1.54, 1.807) is 0 Å². The van der Waals surface area contributed by atoms with Crippen LogP contribution in [0, 0.1) is 6.92 Å². The smallest absolute Gasteiger partial charge is 0.227 e. The molecular weight excluding hydrogens is 462 g/mol. The van der Waals surface area contributed by atoms with Crippen LogP contribution in [-0.4, -0.2) is 35.2 Å². The Morgan fingerprint density at radius 2 is 1.78 bits per heavy atom. The molecule has 6 nitrogen and oxygen atoms in total. The number of imidazole rings is 1. The Morgan fingerprint density at radius 1 is 1.00 bits per heavy atom. The Hall–Kier alpha value is -3.80. The molecule has 1 saturated heterocycles. The monoisotopic (exact) mass is 497 g/mol. The van der Waals surface area contributed by atoms with Gasteiger partial charge in [-0.05, 0) is 61.2 Å².